The third-order valence-electron chi connectivity index (χ3n) is 5.18. The first-order chi connectivity index (χ1) is 14.9. The largest absolute Gasteiger partial charge is 0.467 e. The van der Waals surface area contributed by atoms with Gasteiger partial charge in [0.15, 0.2) is 0 Å². The summed E-state index contributed by atoms with van der Waals surface area (Å²) in [5.41, 5.74) is 0.969. The fraction of sp³-hybridized carbons (Fsp3) is 0.273. The second kappa shape index (κ2) is 9.21. The maximum atomic E-state index is 13.5. The van der Waals surface area contributed by atoms with Crippen LogP contribution in [0.4, 0.5) is 0 Å². The lowest BCUT2D eigenvalue weighted by Gasteiger charge is -2.23. The highest BCUT2D eigenvalue weighted by Crippen LogP contribution is 2.27. The smallest absolute Gasteiger partial charge is 0.256 e. The van der Waals surface area contributed by atoms with Gasteiger partial charge in [0.25, 0.3) is 5.91 Å². The number of amides is 1. The maximum Gasteiger partial charge on any atom is 0.256 e. The van der Waals surface area contributed by atoms with Gasteiger partial charge in [-0.3, -0.25) is 9.78 Å². The van der Waals surface area contributed by atoms with Crippen molar-refractivity contribution >= 4 is 27.5 Å². The molecule has 0 spiro atoms. The van der Waals surface area contributed by atoms with Crippen molar-refractivity contribution in [2.24, 2.45) is 0 Å². The van der Waals surface area contributed by atoms with Crippen LogP contribution < -0.4 is 0 Å². The van der Waals surface area contributed by atoms with E-state index in [9.17, 15) is 13.2 Å². The summed E-state index contributed by atoms with van der Waals surface area (Å²) in [4.78, 5) is 19.2. The number of halogens is 1. The quantitative estimate of drug-likeness (QED) is 0.534. The van der Waals surface area contributed by atoms with E-state index in [0.29, 0.717) is 18.8 Å². The Kier molecular flexibility index (Phi) is 6.41. The molecule has 1 aromatic carbocycles. The Labute approximate surface area is 186 Å². The standard InChI is InChI=1S/C22H22ClN3O4S/c23-21-8-7-19(31(28,29)26-10-1-2-11-26)13-20(21)22(27)25(16-18-6-4-12-30-18)15-17-5-3-9-24-14-17/h3-9,12-14H,1-2,10-11,15-16H2. The molecule has 7 nitrogen and oxygen atoms in total. The SMILES string of the molecule is O=C(c1cc(S(=O)(=O)N2CCCC2)ccc1Cl)N(Cc1cccnc1)Cc1ccco1. The van der Waals surface area contributed by atoms with Gasteiger partial charge >= 0.3 is 0 Å². The molecule has 3 aromatic rings. The average molecular weight is 460 g/mol. The molecule has 0 aliphatic carbocycles. The molecule has 0 N–H and O–H groups in total. The van der Waals surface area contributed by atoms with Crippen molar-refractivity contribution in [1.82, 2.24) is 14.2 Å². The summed E-state index contributed by atoms with van der Waals surface area (Å²) in [6.07, 6.45) is 6.55. The first-order valence-corrected chi connectivity index (χ1v) is 11.8. The lowest BCUT2D eigenvalue weighted by Crippen LogP contribution is -2.31. The number of sulfonamides is 1. The fourth-order valence-electron chi connectivity index (χ4n) is 3.58. The number of aromatic nitrogens is 1. The molecule has 0 radical (unpaired) electrons. The van der Waals surface area contributed by atoms with Gasteiger partial charge in [0.2, 0.25) is 10.0 Å². The number of pyridine rings is 1. The van der Waals surface area contributed by atoms with Crippen molar-refractivity contribution in [3.05, 3.63) is 83.0 Å². The summed E-state index contributed by atoms with van der Waals surface area (Å²) in [5.74, 6) is 0.220. The second-order valence-corrected chi connectivity index (χ2v) is 9.70. The molecule has 31 heavy (non-hydrogen) atoms. The number of carbonyl (C=O) groups excluding carboxylic acids is 1. The summed E-state index contributed by atoms with van der Waals surface area (Å²) in [5, 5.41) is 0.195. The highest BCUT2D eigenvalue weighted by atomic mass is 35.5. The number of hydrogen-bond donors (Lipinski definition) is 0. The van der Waals surface area contributed by atoms with Gasteiger partial charge in [0, 0.05) is 32.0 Å². The summed E-state index contributed by atoms with van der Waals surface area (Å²) in [7, 11) is -3.67. The summed E-state index contributed by atoms with van der Waals surface area (Å²) in [6, 6.07) is 11.5. The molecular weight excluding hydrogens is 438 g/mol. The second-order valence-electron chi connectivity index (χ2n) is 7.35. The topological polar surface area (TPSA) is 83.7 Å². The number of furan rings is 1. The van der Waals surface area contributed by atoms with Crippen LogP contribution in [-0.4, -0.2) is 41.6 Å². The van der Waals surface area contributed by atoms with Crippen molar-refractivity contribution in [3.8, 4) is 0 Å². The van der Waals surface area contributed by atoms with Crippen LogP contribution in [0.2, 0.25) is 5.02 Å². The minimum Gasteiger partial charge on any atom is -0.467 e. The fourth-order valence-corrected chi connectivity index (χ4v) is 5.32. The predicted octanol–water partition coefficient (Wildman–Crippen LogP) is 3.96. The van der Waals surface area contributed by atoms with Crippen LogP contribution in [0.15, 0.2) is 70.4 Å². The number of benzene rings is 1. The van der Waals surface area contributed by atoms with E-state index in [1.165, 1.54) is 28.8 Å². The van der Waals surface area contributed by atoms with Crippen molar-refractivity contribution in [2.45, 2.75) is 30.8 Å². The first kappa shape index (κ1) is 21.5. The molecule has 4 rings (SSSR count). The summed E-state index contributed by atoms with van der Waals surface area (Å²) < 4.78 is 32.8. The molecule has 1 aliphatic rings. The van der Waals surface area contributed by atoms with Crippen molar-refractivity contribution < 1.29 is 17.6 Å². The zero-order chi connectivity index (χ0) is 21.8. The molecule has 1 amide bonds. The molecule has 0 saturated carbocycles. The van der Waals surface area contributed by atoms with Gasteiger partial charge in [0.05, 0.1) is 28.3 Å². The van der Waals surface area contributed by atoms with Crippen LogP contribution in [0.3, 0.4) is 0 Å². The van der Waals surface area contributed by atoms with E-state index >= 15 is 0 Å². The molecule has 0 unspecified atom stereocenters. The zero-order valence-corrected chi connectivity index (χ0v) is 18.3. The maximum absolute atomic E-state index is 13.5. The van der Waals surface area contributed by atoms with E-state index in [1.807, 2.05) is 6.07 Å². The lowest BCUT2D eigenvalue weighted by atomic mass is 10.1. The van der Waals surface area contributed by atoms with Gasteiger partial charge < -0.3 is 9.32 Å². The highest BCUT2D eigenvalue weighted by Gasteiger charge is 2.29. The van der Waals surface area contributed by atoms with Crippen LogP contribution in [0.5, 0.6) is 0 Å². The van der Waals surface area contributed by atoms with Gasteiger partial charge in [-0.15, -0.1) is 0 Å². The Hall–Kier alpha value is -2.68. The summed E-state index contributed by atoms with van der Waals surface area (Å²) >= 11 is 6.34. The first-order valence-electron chi connectivity index (χ1n) is 9.95. The normalized spacial score (nSPS) is 14.6. The Morgan fingerprint density at radius 3 is 2.61 bits per heavy atom. The van der Waals surface area contributed by atoms with Gasteiger partial charge in [-0.1, -0.05) is 17.7 Å². The van der Waals surface area contributed by atoms with E-state index in [0.717, 1.165) is 18.4 Å². The minimum atomic E-state index is -3.67. The van der Waals surface area contributed by atoms with E-state index in [-0.39, 0.29) is 34.5 Å². The van der Waals surface area contributed by atoms with Crippen LogP contribution in [0.25, 0.3) is 0 Å². The molecule has 162 valence electrons. The Morgan fingerprint density at radius 2 is 1.94 bits per heavy atom. The van der Waals surface area contributed by atoms with E-state index in [2.05, 4.69) is 4.98 Å². The molecule has 0 atom stereocenters. The van der Waals surface area contributed by atoms with Gasteiger partial charge in [-0.05, 0) is 54.8 Å². The Balaban J connectivity index is 1.67. The highest BCUT2D eigenvalue weighted by molar-refractivity contribution is 7.89. The molecule has 3 heterocycles. The van der Waals surface area contributed by atoms with Gasteiger partial charge in [-0.2, -0.15) is 4.31 Å². The van der Waals surface area contributed by atoms with Crippen LogP contribution in [0.1, 0.15) is 34.5 Å². The Morgan fingerprint density at radius 1 is 1.13 bits per heavy atom. The number of hydrogen-bond acceptors (Lipinski definition) is 5. The third kappa shape index (κ3) is 4.81. The summed E-state index contributed by atoms with van der Waals surface area (Å²) in [6.45, 7) is 1.45. The molecule has 2 aromatic heterocycles. The molecule has 0 bridgehead atoms. The predicted molar refractivity (Wildman–Crippen MR) is 116 cm³/mol. The number of carbonyl (C=O) groups is 1. The molecule has 1 saturated heterocycles. The zero-order valence-electron chi connectivity index (χ0n) is 16.8. The minimum absolute atomic E-state index is 0.0708. The van der Waals surface area contributed by atoms with E-state index in [4.69, 9.17) is 16.0 Å². The van der Waals surface area contributed by atoms with Crippen molar-refractivity contribution in [2.75, 3.05) is 13.1 Å². The third-order valence-corrected chi connectivity index (χ3v) is 7.41. The van der Waals surface area contributed by atoms with Crippen LogP contribution in [-0.2, 0) is 23.1 Å². The number of nitrogens with zero attached hydrogens (tertiary/aromatic N) is 3. The van der Waals surface area contributed by atoms with Crippen molar-refractivity contribution in [3.63, 3.8) is 0 Å². The molecule has 9 heteroatoms. The lowest BCUT2D eigenvalue weighted by molar-refractivity contribution is 0.0717. The molecule has 1 aliphatic heterocycles. The number of rotatable bonds is 7. The average Bonchev–Trinajstić information content (AvgIpc) is 3.48. The molecular formula is C22H22ClN3O4S. The monoisotopic (exact) mass is 459 g/mol. The van der Waals surface area contributed by atoms with Gasteiger partial charge in [0.1, 0.15) is 5.76 Å². The van der Waals surface area contributed by atoms with Gasteiger partial charge in [-0.25, -0.2) is 8.42 Å². The van der Waals surface area contributed by atoms with E-state index in [1.54, 1.807) is 35.5 Å². The molecule has 1 fully saturated rings. The Bertz CT molecular complexity index is 1140. The van der Waals surface area contributed by atoms with Crippen LogP contribution >= 0.6 is 11.6 Å². The van der Waals surface area contributed by atoms with E-state index < -0.39 is 10.0 Å². The van der Waals surface area contributed by atoms with Crippen LogP contribution in [0, 0.1) is 0 Å². The van der Waals surface area contributed by atoms with Crippen molar-refractivity contribution in [1.29, 1.82) is 0 Å².